The molecule has 2 rings (SSSR count). The fourth-order valence-electron chi connectivity index (χ4n) is 1.51. The van der Waals surface area contributed by atoms with Gasteiger partial charge in [0.1, 0.15) is 11.6 Å². The fraction of sp³-hybridized carbons (Fsp3) is 0.200. The minimum Gasteiger partial charge on any atom is -0.293 e. The fourth-order valence-corrected chi connectivity index (χ4v) is 1.51. The van der Waals surface area contributed by atoms with E-state index in [1.807, 2.05) is 0 Å². The van der Waals surface area contributed by atoms with Gasteiger partial charge in [-0.2, -0.15) is 0 Å². The molecular weight excluding hydrogens is 218 g/mol. The van der Waals surface area contributed by atoms with Crippen molar-refractivity contribution in [3.8, 4) is 0 Å². The minimum atomic E-state index is -0.764. The lowest BCUT2D eigenvalue weighted by Gasteiger charge is -2.26. The van der Waals surface area contributed by atoms with Gasteiger partial charge in [-0.25, -0.2) is 13.6 Å². The Morgan fingerprint density at radius 2 is 1.75 bits per heavy atom. The van der Waals surface area contributed by atoms with Gasteiger partial charge >= 0.3 is 6.03 Å². The molecule has 1 aromatic rings. The van der Waals surface area contributed by atoms with E-state index in [1.165, 1.54) is 0 Å². The Balaban J connectivity index is 2.30. The highest BCUT2D eigenvalue weighted by molar-refractivity contribution is 6.05. The molecule has 1 aromatic carbocycles. The molecule has 16 heavy (non-hydrogen) atoms. The first-order valence-corrected chi connectivity index (χ1v) is 4.64. The van der Waals surface area contributed by atoms with E-state index in [1.54, 1.807) is 0 Å². The Morgan fingerprint density at radius 1 is 1.12 bits per heavy atom. The number of rotatable bonds is 1. The number of amides is 3. The third-order valence-corrected chi connectivity index (χ3v) is 2.21. The SMILES string of the molecule is O=C1CCN(c2cc(F)cc(F)c2)C(=O)N1. The number of urea groups is 1. The molecule has 3 amide bonds. The number of anilines is 1. The van der Waals surface area contributed by atoms with E-state index in [0.29, 0.717) is 0 Å². The van der Waals surface area contributed by atoms with Crippen LogP contribution < -0.4 is 10.2 Å². The number of carbonyl (C=O) groups is 2. The first-order chi connectivity index (χ1) is 7.56. The maximum absolute atomic E-state index is 12.9. The van der Waals surface area contributed by atoms with E-state index in [9.17, 15) is 18.4 Å². The summed E-state index contributed by atoms with van der Waals surface area (Å²) in [6, 6.07) is 2.13. The summed E-state index contributed by atoms with van der Waals surface area (Å²) in [6.07, 6.45) is 0.115. The van der Waals surface area contributed by atoms with Gasteiger partial charge in [-0.1, -0.05) is 0 Å². The van der Waals surface area contributed by atoms with E-state index in [0.717, 1.165) is 23.1 Å². The number of nitrogens with zero attached hydrogens (tertiary/aromatic N) is 1. The Labute approximate surface area is 89.8 Å². The van der Waals surface area contributed by atoms with Crippen LogP contribution in [0.2, 0.25) is 0 Å². The average Bonchev–Trinajstić information content (AvgIpc) is 2.15. The van der Waals surface area contributed by atoms with Crippen molar-refractivity contribution < 1.29 is 18.4 Å². The van der Waals surface area contributed by atoms with Crippen LogP contribution in [0, 0.1) is 11.6 Å². The zero-order valence-corrected chi connectivity index (χ0v) is 8.17. The van der Waals surface area contributed by atoms with Crippen LogP contribution in [0.25, 0.3) is 0 Å². The number of hydrogen-bond donors (Lipinski definition) is 1. The summed E-state index contributed by atoms with van der Waals surface area (Å²) in [5, 5.41) is 2.07. The van der Waals surface area contributed by atoms with Crippen LogP contribution >= 0.6 is 0 Å². The number of imide groups is 1. The van der Waals surface area contributed by atoms with Crippen molar-refractivity contribution in [1.82, 2.24) is 5.32 Å². The van der Waals surface area contributed by atoms with Crippen LogP contribution in [-0.2, 0) is 4.79 Å². The standard InChI is InChI=1S/C10H8F2N2O2/c11-6-3-7(12)5-8(4-6)14-2-1-9(15)13-10(14)16/h3-5H,1-2H2,(H,13,15,16). The molecule has 0 unspecified atom stereocenters. The summed E-state index contributed by atoms with van der Waals surface area (Å²) < 4.78 is 25.8. The molecule has 1 saturated heterocycles. The highest BCUT2D eigenvalue weighted by Crippen LogP contribution is 2.19. The van der Waals surface area contributed by atoms with Crippen LogP contribution in [0.4, 0.5) is 19.3 Å². The van der Waals surface area contributed by atoms with Crippen LogP contribution in [0.1, 0.15) is 6.42 Å². The first kappa shape index (κ1) is 10.5. The van der Waals surface area contributed by atoms with Crippen LogP contribution in [0.3, 0.4) is 0 Å². The minimum absolute atomic E-state index is 0.0995. The molecule has 84 valence electrons. The van der Waals surface area contributed by atoms with Gasteiger partial charge in [0.25, 0.3) is 0 Å². The van der Waals surface area contributed by atoms with Gasteiger partial charge in [-0.05, 0) is 12.1 Å². The van der Waals surface area contributed by atoms with Gasteiger partial charge in [0.05, 0.1) is 5.69 Å². The lowest BCUT2D eigenvalue weighted by molar-refractivity contribution is -0.120. The van der Waals surface area contributed by atoms with Crippen molar-refractivity contribution in [2.75, 3.05) is 11.4 Å². The van der Waals surface area contributed by atoms with Crippen molar-refractivity contribution >= 4 is 17.6 Å². The highest BCUT2D eigenvalue weighted by atomic mass is 19.1. The second kappa shape index (κ2) is 3.88. The Bertz CT molecular complexity index is 442. The molecule has 1 N–H and O–H groups in total. The summed E-state index contributed by atoms with van der Waals surface area (Å²) in [6.45, 7) is 0.119. The smallest absolute Gasteiger partial charge is 0.293 e. The number of hydrogen-bond acceptors (Lipinski definition) is 2. The lowest BCUT2D eigenvalue weighted by Crippen LogP contribution is -2.49. The maximum Gasteiger partial charge on any atom is 0.328 e. The molecule has 6 heteroatoms. The maximum atomic E-state index is 12.9. The molecule has 1 fully saturated rings. The van der Waals surface area contributed by atoms with E-state index < -0.39 is 23.6 Å². The normalized spacial score (nSPS) is 16.2. The van der Waals surface area contributed by atoms with E-state index in [-0.39, 0.29) is 18.7 Å². The summed E-state index contributed by atoms with van der Waals surface area (Å²) in [7, 11) is 0. The van der Waals surface area contributed by atoms with E-state index in [4.69, 9.17) is 0 Å². The first-order valence-electron chi connectivity index (χ1n) is 4.64. The average molecular weight is 226 g/mol. The number of halogens is 2. The van der Waals surface area contributed by atoms with Crippen molar-refractivity contribution in [3.63, 3.8) is 0 Å². The van der Waals surface area contributed by atoms with Gasteiger partial charge in [-0.3, -0.25) is 15.0 Å². The molecule has 0 radical (unpaired) electrons. The predicted octanol–water partition coefficient (Wildman–Crippen LogP) is 1.41. The molecule has 0 spiro atoms. The molecule has 0 aromatic heterocycles. The van der Waals surface area contributed by atoms with Crippen molar-refractivity contribution in [2.45, 2.75) is 6.42 Å². The van der Waals surface area contributed by atoms with Crippen LogP contribution in [0.15, 0.2) is 18.2 Å². The predicted molar refractivity (Wildman–Crippen MR) is 51.9 cm³/mol. The molecule has 0 bridgehead atoms. The summed E-state index contributed by atoms with van der Waals surface area (Å²) in [5.41, 5.74) is 0.0995. The summed E-state index contributed by atoms with van der Waals surface area (Å²) in [5.74, 6) is -1.92. The van der Waals surface area contributed by atoms with Crippen LogP contribution in [0.5, 0.6) is 0 Å². The zero-order chi connectivity index (χ0) is 11.7. The molecule has 0 saturated carbocycles. The topological polar surface area (TPSA) is 49.4 Å². The molecule has 0 aliphatic carbocycles. The zero-order valence-electron chi connectivity index (χ0n) is 8.17. The third-order valence-electron chi connectivity index (χ3n) is 2.21. The lowest BCUT2D eigenvalue weighted by atomic mass is 10.2. The van der Waals surface area contributed by atoms with Crippen LogP contribution in [-0.4, -0.2) is 18.5 Å². The largest absolute Gasteiger partial charge is 0.328 e. The monoisotopic (exact) mass is 226 g/mol. The van der Waals surface area contributed by atoms with Crippen molar-refractivity contribution in [3.05, 3.63) is 29.8 Å². The number of carbonyl (C=O) groups excluding carboxylic acids is 2. The van der Waals surface area contributed by atoms with Gasteiger partial charge in [-0.15, -0.1) is 0 Å². The summed E-state index contributed by atoms with van der Waals surface area (Å²) in [4.78, 5) is 23.4. The Morgan fingerprint density at radius 3 is 2.31 bits per heavy atom. The molecule has 1 heterocycles. The van der Waals surface area contributed by atoms with Crippen molar-refractivity contribution in [2.24, 2.45) is 0 Å². The molecule has 1 aliphatic heterocycles. The quantitative estimate of drug-likeness (QED) is 0.787. The third kappa shape index (κ3) is 2.00. The van der Waals surface area contributed by atoms with Gasteiger partial charge in [0.2, 0.25) is 5.91 Å². The Kier molecular flexibility index (Phi) is 2.55. The highest BCUT2D eigenvalue weighted by Gasteiger charge is 2.24. The molecule has 0 atom stereocenters. The van der Waals surface area contributed by atoms with Gasteiger partial charge < -0.3 is 0 Å². The second-order valence-corrected chi connectivity index (χ2v) is 3.38. The molecule has 4 nitrogen and oxygen atoms in total. The number of nitrogens with one attached hydrogen (secondary N) is 1. The summed E-state index contributed by atoms with van der Waals surface area (Å²) >= 11 is 0. The Hall–Kier alpha value is -1.98. The van der Waals surface area contributed by atoms with Gasteiger partial charge in [0, 0.05) is 19.0 Å². The second-order valence-electron chi connectivity index (χ2n) is 3.38. The van der Waals surface area contributed by atoms with Crippen molar-refractivity contribution in [1.29, 1.82) is 0 Å². The van der Waals surface area contributed by atoms with E-state index >= 15 is 0 Å². The van der Waals surface area contributed by atoms with Gasteiger partial charge in [0.15, 0.2) is 0 Å². The van der Waals surface area contributed by atoms with E-state index in [2.05, 4.69) is 5.32 Å². The molecular formula is C10H8F2N2O2. The number of benzene rings is 1. The molecule has 1 aliphatic rings.